The van der Waals surface area contributed by atoms with Crippen LogP contribution in [0.1, 0.15) is 35.6 Å². The Morgan fingerprint density at radius 3 is 2.68 bits per heavy atom. The second-order valence-electron chi connectivity index (χ2n) is 4.85. The molecule has 1 atom stereocenters. The first-order valence-corrected chi connectivity index (χ1v) is 6.40. The summed E-state index contributed by atoms with van der Waals surface area (Å²) in [7, 11) is 0. The van der Waals surface area contributed by atoms with Gasteiger partial charge < -0.3 is 9.84 Å². The zero-order chi connectivity index (χ0) is 13.9. The third-order valence-corrected chi connectivity index (χ3v) is 3.31. The number of aryl methyl sites for hydroxylation is 2. The van der Waals surface area contributed by atoms with Gasteiger partial charge in [0.1, 0.15) is 6.61 Å². The van der Waals surface area contributed by atoms with Gasteiger partial charge in [-0.05, 0) is 36.0 Å². The molecule has 0 saturated heterocycles. The number of benzene rings is 1. The van der Waals surface area contributed by atoms with E-state index in [4.69, 9.17) is 0 Å². The third-order valence-electron chi connectivity index (χ3n) is 3.31. The van der Waals surface area contributed by atoms with Crippen molar-refractivity contribution in [2.75, 3.05) is 13.2 Å². The summed E-state index contributed by atoms with van der Waals surface area (Å²) in [6, 6.07) is 5.80. The lowest BCUT2D eigenvalue weighted by atomic mass is 10.0. The van der Waals surface area contributed by atoms with Crippen LogP contribution in [0.3, 0.4) is 0 Å². The monoisotopic (exact) mass is 274 g/mol. The Kier molecular flexibility index (Phi) is 4.47. The second-order valence-corrected chi connectivity index (χ2v) is 4.85. The van der Waals surface area contributed by atoms with Crippen LogP contribution >= 0.6 is 0 Å². The number of hydrogen-bond acceptors (Lipinski definition) is 2. The van der Waals surface area contributed by atoms with Gasteiger partial charge in [0.25, 0.3) is 0 Å². The molecule has 0 aromatic heterocycles. The number of hydrogen-bond donors (Lipinski definition) is 1. The number of halogens is 3. The SMILES string of the molecule is OC(CCOCC(F)(F)F)c1ccc2c(c1)CCC2. The lowest BCUT2D eigenvalue weighted by molar-refractivity contribution is -0.175. The van der Waals surface area contributed by atoms with E-state index in [-0.39, 0.29) is 13.0 Å². The van der Waals surface area contributed by atoms with Crippen molar-refractivity contribution in [2.24, 2.45) is 0 Å². The van der Waals surface area contributed by atoms with Crippen LogP contribution in [0.25, 0.3) is 0 Å². The van der Waals surface area contributed by atoms with E-state index in [9.17, 15) is 18.3 Å². The van der Waals surface area contributed by atoms with Crippen molar-refractivity contribution >= 4 is 0 Å². The summed E-state index contributed by atoms with van der Waals surface area (Å²) in [6.45, 7) is -1.36. The molecule has 19 heavy (non-hydrogen) atoms. The summed E-state index contributed by atoms with van der Waals surface area (Å²) < 4.78 is 40.1. The molecule has 5 heteroatoms. The molecule has 0 fully saturated rings. The number of alkyl halides is 3. The van der Waals surface area contributed by atoms with Crippen LogP contribution < -0.4 is 0 Å². The van der Waals surface area contributed by atoms with Gasteiger partial charge in [-0.1, -0.05) is 18.2 Å². The van der Waals surface area contributed by atoms with E-state index in [1.54, 1.807) is 0 Å². The number of rotatable bonds is 5. The number of aliphatic hydroxyl groups is 1. The summed E-state index contributed by atoms with van der Waals surface area (Å²) in [5.74, 6) is 0. The lowest BCUT2D eigenvalue weighted by Gasteiger charge is -2.13. The van der Waals surface area contributed by atoms with Gasteiger partial charge in [0.2, 0.25) is 0 Å². The fourth-order valence-corrected chi connectivity index (χ4v) is 2.35. The highest BCUT2D eigenvalue weighted by Gasteiger charge is 2.27. The Balaban J connectivity index is 1.81. The van der Waals surface area contributed by atoms with E-state index in [2.05, 4.69) is 4.74 Å². The third kappa shape index (κ3) is 4.21. The average molecular weight is 274 g/mol. The molecule has 1 aliphatic rings. The molecule has 2 nitrogen and oxygen atoms in total. The maximum atomic E-state index is 11.9. The fraction of sp³-hybridized carbons (Fsp3) is 0.571. The van der Waals surface area contributed by atoms with Crippen LogP contribution in [0.4, 0.5) is 13.2 Å². The minimum atomic E-state index is -4.31. The number of ether oxygens (including phenoxy) is 1. The van der Waals surface area contributed by atoms with Gasteiger partial charge in [0.15, 0.2) is 0 Å². The topological polar surface area (TPSA) is 29.5 Å². The maximum absolute atomic E-state index is 11.9. The van der Waals surface area contributed by atoms with Crippen LogP contribution in [-0.2, 0) is 17.6 Å². The first-order valence-electron chi connectivity index (χ1n) is 6.40. The Morgan fingerprint density at radius 1 is 1.21 bits per heavy atom. The molecule has 2 rings (SSSR count). The summed E-state index contributed by atoms with van der Waals surface area (Å²) in [4.78, 5) is 0. The molecule has 0 heterocycles. The zero-order valence-electron chi connectivity index (χ0n) is 10.5. The van der Waals surface area contributed by atoms with Crippen molar-refractivity contribution in [3.63, 3.8) is 0 Å². The molecule has 1 aliphatic carbocycles. The van der Waals surface area contributed by atoms with Gasteiger partial charge in [-0.2, -0.15) is 13.2 Å². The molecule has 1 N–H and O–H groups in total. The number of aliphatic hydroxyl groups excluding tert-OH is 1. The summed E-state index contributed by atoms with van der Waals surface area (Å²) in [5.41, 5.74) is 3.31. The highest BCUT2D eigenvalue weighted by atomic mass is 19.4. The van der Waals surface area contributed by atoms with Crippen molar-refractivity contribution in [3.05, 3.63) is 34.9 Å². The molecular weight excluding hydrogens is 257 g/mol. The molecule has 1 unspecified atom stereocenters. The Hall–Kier alpha value is -1.07. The minimum Gasteiger partial charge on any atom is -0.388 e. The quantitative estimate of drug-likeness (QED) is 0.836. The highest BCUT2D eigenvalue weighted by molar-refractivity contribution is 5.36. The Labute approximate surface area is 110 Å². The van der Waals surface area contributed by atoms with E-state index >= 15 is 0 Å². The van der Waals surface area contributed by atoms with E-state index in [0.29, 0.717) is 0 Å². The van der Waals surface area contributed by atoms with Crippen molar-refractivity contribution in [1.29, 1.82) is 0 Å². The standard InChI is InChI=1S/C14H17F3O2/c15-14(16,17)9-19-7-6-13(18)12-5-4-10-2-1-3-11(10)8-12/h4-5,8,13,18H,1-3,6-7,9H2. The molecule has 0 saturated carbocycles. The second kappa shape index (κ2) is 5.92. The van der Waals surface area contributed by atoms with Crippen LogP contribution in [0.2, 0.25) is 0 Å². The molecular formula is C14H17F3O2. The summed E-state index contributed by atoms with van der Waals surface area (Å²) in [5, 5.41) is 9.92. The van der Waals surface area contributed by atoms with Crippen molar-refractivity contribution in [1.82, 2.24) is 0 Å². The van der Waals surface area contributed by atoms with E-state index in [0.717, 1.165) is 24.8 Å². The van der Waals surface area contributed by atoms with Gasteiger partial charge in [-0.25, -0.2) is 0 Å². The van der Waals surface area contributed by atoms with E-state index in [1.165, 1.54) is 11.1 Å². The highest BCUT2D eigenvalue weighted by Crippen LogP contribution is 2.26. The van der Waals surface area contributed by atoms with Gasteiger partial charge >= 0.3 is 6.18 Å². The Morgan fingerprint density at radius 2 is 1.95 bits per heavy atom. The minimum absolute atomic E-state index is 0.0994. The fourth-order valence-electron chi connectivity index (χ4n) is 2.35. The summed E-state index contributed by atoms with van der Waals surface area (Å²) >= 11 is 0. The molecule has 0 radical (unpaired) electrons. The normalized spacial score (nSPS) is 16.4. The zero-order valence-corrected chi connectivity index (χ0v) is 10.5. The van der Waals surface area contributed by atoms with Crippen LogP contribution in [0.5, 0.6) is 0 Å². The lowest BCUT2D eigenvalue weighted by Crippen LogP contribution is -2.18. The summed E-state index contributed by atoms with van der Waals surface area (Å²) in [6.07, 6.45) is -1.68. The average Bonchev–Trinajstić information content (AvgIpc) is 2.80. The largest absolute Gasteiger partial charge is 0.411 e. The van der Waals surface area contributed by atoms with Crippen molar-refractivity contribution < 1.29 is 23.0 Å². The Bertz CT molecular complexity index is 429. The van der Waals surface area contributed by atoms with Crippen LogP contribution in [-0.4, -0.2) is 24.5 Å². The molecule has 106 valence electrons. The van der Waals surface area contributed by atoms with E-state index < -0.39 is 18.9 Å². The first-order chi connectivity index (χ1) is 8.96. The van der Waals surface area contributed by atoms with Crippen molar-refractivity contribution in [3.8, 4) is 0 Å². The number of fused-ring (bicyclic) bond motifs is 1. The van der Waals surface area contributed by atoms with Crippen LogP contribution in [0, 0.1) is 0 Å². The molecule has 0 bridgehead atoms. The molecule has 0 amide bonds. The van der Waals surface area contributed by atoms with Crippen molar-refractivity contribution in [2.45, 2.75) is 38.0 Å². The smallest absolute Gasteiger partial charge is 0.388 e. The van der Waals surface area contributed by atoms with Gasteiger partial charge in [-0.15, -0.1) is 0 Å². The maximum Gasteiger partial charge on any atom is 0.411 e. The van der Waals surface area contributed by atoms with Gasteiger partial charge in [0, 0.05) is 13.0 Å². The van der Waals surface area contributed by atoms with Gasteiger partial charge in [-0.3, -0.25) is 0 Å². The predicted molar refractivity (Wildman–Crippen MR) is 64.9 cm³/mol. The predicted octanol–water partition coefficient (Wildman–Crippen LogP) is 3.18. The molecule has 0 aliphatic heterocycles. The molecule has 1 aromatic carbocycles. The molecule has 1 aromatic rings. The van der Waals surface area contributed by atoms with Gasteiger partial charge in [0.05, 0.1) is 6.10 Å². The van der Waals surface area contributed by atoms with E-state index in [1.807, 2.05) is 18.2 Å². The first kappa shape index (κ1) is 14.3. The molecule has 0 spiro atoms. The van der Waals surface area contributed by atoms with Crippen LogP contribution in [0.15, 0.2) is 18.2 Å².